The van der Waals surface area contributed by atoms with Gasteiger partial charge in [-0.2, -0.15) is 0 Å². The summed E-state index contributed by atoms with van der Waals surface area (Å²) in [5, 5.41) is 9.21. The van der Waals surface area contributed by atoms with Gasteiger partial charge >= 0.3 is 0 Å². The summed E-state index contributed by atoms with van der Waals surface area (Å²) in [5.41, 5.74) is 7.72. The monoisotopic (exact) mass is 308 g/mol. The van der Waals surface area contributed by atoms with Gasteiger partial charge < -0.3 is 10.2 Å². The number of nitrogens with zero attached hydrogens (tertiary/aromatic N) is 3. The van der Waals surface area contributed by atoms with Crippen LogP contribution < -0.4 is 5.73 Å². The molecule has 0 aliphatic carbocycles. The van der Waals surface area contributed by atoms with Gasteiger partial charge in [-0.1, -0.05) is 28.4 Å². The van der Waals surface area contributed by atoms with E-state index in [0.29, 0.717) is 32.9 Å². The van der Waals surface area contributed by atoms with E-state index in [1.807, 2.05) is 6.07 Å². The number of furan rings is 1. The lowest BCUT2D eigenvalue weighted by Gasteiger charge is -2.06. The van der Waals surface area contributed by atoms with E-state index in [1.165, 1.54) is 0 Å². The normalized spacial score (nSPS) is 10.9. The van der Waals surface area contributed by atoms with Gasteiger partial charge in [0.2, 0.25) is 0 Å². The second-order valence-corrected chi connectivity index (χ2v) is 4.98. The van der Waals surface area contributed by atoms with Gasteiger partial charge in [0.1, 0.15) is 11.4 Å². The van der Waals surface area contributed by atoms with Crippen molar-refractivity contribution in [1.29, 1.82) is 0 Å². The van der Waals surface area contributed by atoms with Gasteiger partial charge in [0.25, 0.3) is 0 Å². The first kappa shape index (κ1) is 13.2. The minimum atomic E-state index is 0.254. The number of rotatable bonds is 3. The number of benzene rings is 1. The fourth-order valence-electron chi connectivity index (χ4n) is 1.95. The summed E-state index contributed by atoms with van der Waals surface area (Å²) in [6, 6.07) is 8.75. The van der Waals surface area contributed by atoms with Crippen LogP contribution in [0.3, 0.4) is 0 Å². The van der Waals surface area contributed by atoms with Crippen LogP contribution in [0.2, 0.25) is 10.0 Å². The molecule has 2 heterocycles. The van der Waals surface area contributed by atoms with Crippen LogP contribution in [0.5, 0.6) is 0 Å². The molecule has 0 amide bonds. The van der Waals surface area contributed by atoms with Crippen molar-refractivity contribution in [3.05, 3.63) is 52.3 Å². The van der Waals surface area contributed by atoms with E-state index in [4.69, 9.17) is 33.4 Å². The fraction of sp³-hybridized carbons (Fsp3) is 0.0769. The summed E-state index contributed by atoms with van der Waals surface area (Å²) >= 11 is 12.0. The average molecular weight is 309 g/mol. The largest absolute Gasteiger partial charge is 0.463 e. The molecule has 0 bridgehead atoms. The van der Waals surface area contributed by atoms with Gasteiger partial charge in [0.15, 0.2) is 5.76 Å². The molecule has 0 unspecified atom stereocenters. The van der Waals surface area contributed by atoms with E-state index < -0.39 is 0 Å². The molecule has 0 saturated heterocycles. The highest BCUT2D eigenvalue weighted by Crippen LogP contribution is 2.28. The minimum absolute atomic E-state index is 0.254. The fourth-order valence-corrected chi connectivity index (χ4v) is 2.47. The first-order valence-electron chi connectivity index (χ1n) is 5.84. The molecular weight excluding hydrogens is 299 g/mol. The third-order valence-electron chi connectivity index (χ3n) is 2.78. The lowest BCUT2D eigenvalue weighted by atomic mass is 10.2. The van der Waals surface area contributed by atoms with Gasteiger partial charge in [0.05, 0.1) is 12.0 Å². The van der Waals surface area contributed by atoms with Crippen molar-refractivity contribution in [3.8, 4) is 17.1 Å². The van der Waals surface area contributed by atoms with Crippen LogP contribution in [0.15, 0.2) is 41.0 Å². The summed E-state index contributed by atoms with van der Waals surface area (Å²) in [6.07, 6.45) is 1.58. The highest BCUT2D eigenvalue weighted by molar-refractivity contribution is 6.34. The third-order valence-corrected chi connectivity index (χ3v) is 3.22. The Labute approximate surface area is 124 Å². The Morgan fingerprint density at radius 3 is 2.55 bits per heavy atom. The second kappa shape index (κ2) is 5.28. The minimum Gasteiger partial charge on any atom is -0.463 e. The standard InChI is InChI=1S/C13H10Cl2N4O/c14-8-4-9(15)6-10(5-8)19-13(11(7-16)17-18-19)12-2-1-3-20-12/h1-6H,7,16H2. The number of aromatic nitrogens is 3. The molecule has 2 N–H and O–H groups in total. The van der Waals surface area contributed by atoms with Crippen LogP contribution in [0.4, 0.5) is 0 Å². The summed E-state index contributed by atoms with van der Waals surface area (Å²) < 4.78 is 7.03. The predicted molar refractivity (Wildman–Crippen MR) is 77.0 cm³/mol. The molecule has 2 aromatic heterocycles. The first-order chi connectivity index (χ1) is 9.69. The van der Waals surface area contributed by atoms with Gasteiger partial charge in [-0.25, -0.2) is 4.68 Å². The van der Waals surface area contributed by atoms with Crippen LogP contribution in [0.25, 0.3) is 17.1 Å². The Kier molecular flexibility index (Phi) is 3.48. The Hall–Kier alpha value is -1.82. The highest BCUT2D eigenvalue weighted by atomic mass is 35.5. The van der Waals surface area contributed by atoms with E-state index >= 15 is 0 Å². The van der Waals surface area contributed by atoms with Crippen LogP contribution >= 0.6 is 23.2 Å². The molecule has 5 nitrogen and oxygen atoms in total. The number of halogens is 2. The Morgan fingerprint density at radius 1 is 1.20 bits per heavy atom. The summed E-state index contributed by atoms with van der Waals surface area (Å²) in [7, 11) is 0. The van der Waals surface area contributed by atoms with Crippen molar-refractivity contribution < 1.29 is 4.42 Å². The van der Waals surface area contributed by atoms with E-state index in [9.17, 15) is 0 Å². The molecular formula is C13H10Cl2N4O. The molecule has 7 heteroatoms. The Bertz CT molecular complexity index is 717. The Morgan fingerprint density at radius 2 is 1.95 bits per heavy atom. The first-order valence-corrected chi connectivity index (χ1v) is 6.59. The highest BCUT2D eigenvalue weighted by Gasteiger charge is 2.18. The maximum Gasteiger partial charge on any atom is 0.154 e. The van der Waals surface area contributed by atoms with Crippen molar-refractivity contribution in [1.82, 2.24) is 15.0 Å². The van der Waals surface area contributed by atoms with Crippen molar-refractivity contribution in [2.45, 2.75) is 6.54 Å². The third kappa shape index (κ3) is 2.31. The molecule has 102 valence electrons. The molecule has 0 radical (unpaired) electrons. The average Bonchev–Trinajstić information content (AvgIpc) is 3.06. The van der Waals surface area contributed by atoms with Crippen molar-refractivity contribution in [2.75, 3.05) is 0 Å². The number of hydrogen-bond donors (Lipinski definition) is 1. The molecule has 0 saturated carbocycles. The van der Waals surface area contributed by atoms with Crippen LogP contribution in [-0.2, 0) is 6.54 Å². The van der Waals surface area contributed by atoms with Gasteiger partial charge in [0, 0.05) is 16.6 Å². The van der Waals surface area contributed by atoms with Crippen LogP contribution in [-0.4, -0.2) is 15.0 Å². The second-order valence-electron chi connectivity index (χ2n) is 4.11. The van der Waals surface area contributed by atoms with E-state index in [2.05, 4.69) is 10.3 Å². The zero-order valence-corrected chi connectivity index (χ0v) is 11.8. The van der Waals surface area contributed by atoms with Crippen LogP contribution in [0.1, 0.15) is 5.69 Å². The van der Waals surface area contributed by atoms with Gasteiger partial charge in [-0.15, -0.1) is 5.10 Å². The van der Waals surface area contributed by atoms with E-state index in [0.717, 1.165) is 0 Å². The van der Waals surface area contributed by atoms with E-state index in [1.54, 1.807) is 35.2 Å². The maximum absolute atomic E-state index is 6.02. The van der Waals surface area contributed by atoms with Crippen molar-refractivity contribution in [2.24, 2.45) is 5.73 Å². The zero-order valence-electron chi connectivity index (χ0n) is 10.3. The molecule has 3 rings (SSSR count). The molecule has 3 aromatic rings. The number of hydrogen-bond acceptors (Lipinski definition) is 4. The molecule has 0 fully saturated rings. The van der Waals surface area contributed by atoms with Crippen LogP contribution in [0, 0.1) is 0 Å². The molecule has 20 heavy (non-hydrogen) atoms. The zero-order chi connectivity index (χ0) is 14.1. The summed E-state index contributed by atoms with van der Waals surface area (Å²) in [6.45, 7) is 0.254. The molecule has 1 aromatic carbocycles. The molecule has 0 aliphatic rings. The molecule has 0 atom stereocenters. The predicted octanol–water partition coefficient (Wildman–Crippen LogP) is 3.29. The molecule has 0 aliphatic heterocycles. The van der Waals surface area contributed by atoms with Crippen molar-refractivity contribution >= 4 is 23.2 Å². The smallest absolute Gasteiger partial charge is 0.154 e. The van der Waals surface area contributed by atoms with Crippen molar-refractivity contribution in [3.63, 3.8) is 0 Å². The van der Waals surface area contributed by atoms with Gasteiger partial charge in [-0.3, -0.25) is 0 Å². The van der Waals surface area contributed by atoms with Gasteiger partial charge in [-0.05, 0) is 30.3 Å². The van der Waals surface area contributed by atoms with E-state index in [-0.39, 0.29) is 6.54 Å². The Balaban J connectivity index is 2.22. The maximum atomic E-state index is 6.02. The quantitative estimate of drug-likeness (QED) is 0.806. The number of nitrogens with two attached hydrogens (primary N) is 1. The lowest BCUT2D eigenvalue weighted by Crippen LogP contribution is -2.02. The summed E-state index contributed by atoms with van der Waals surface area (Å²) in [5.74, 6) is 0.631. The lowest BCUT2D eigenvalue weighted by molar-refractivity contribution is 0.576. The SMILES string of the molecule is NCc1nnn(-c2cc(Cl)cc(Cl)c2)c1-c1ccco1. The topological polar surface area (TPSA) is 69.9 Å². The molecule has 0 spiro atoms. The summed E-state index contributed by atoms with van der Waals surface area (Å²) in [4.78, 5) is 0.